The predicted molar refractivity (Wildman–Crippen MR) is 106 cm³/mol. The summed E-state index contributed by atoms with van der Waals surface area (Å²) in [6.45, 7) is -0.451. The van der Waals surface area contributed by atoms with Gasteiger partial charge in [0.2, 0.25) is 21.8 Å². The highest BCUT2D eigenvalue weighted by Gasteiger charge is 2.23. The van der Waals surface area contributed by atoms with E-state index in [2.05, 4.69) is 10.3 Å². The first-order valence-electron chi connectivity index (χ1n) is 8.65. The Balaban J connectivity index is 1.58. The number of amides is 1. The first-order valence-corrected chi connectivity index (χ1v) is 10.1. The Hall–Kier alpha value is -3.37. The van der Waals surface area contributed by atoms with Gasteiger partial charge in [-0.2, -0.15) is 4.31 Å². The van der Waals surface area contributed by atoms with Gasteiger partial charge in [0.1, 0.15) is 17.4 Å². The van der Waals surface area contributed by atoms with Crippen molar-refractivity contribution in [3.63, 3.8) is 0 Å². The molecule has 156 valence electrons. The number of carbonyl (C=O) groups is 1. The number of benzene rings is 2. The number of likely N-dealkylation sites (N-methyl/N-ethyl adjacent to an activating group) is 1. The number of carbonyl (C=O) groups excluding carboxylic acids is 1. The van der Waals surface area contributed by atoms with Crippen LogP contribution in [0.1, 0.15) is 0 Å². The van der Waals surface area contributed by atoms with Crippen LogP contribution in [-0.4, -0.2) is 37.2 Å². The molecule has 1 heterocycles. The minimum atomic E-state index is -3.94. The molecule has 30 heavy (non-hydrogen) atoms. The summed E-state index contributed by atoms with van der Waals surface area (Å²) in [5, 5.41) is 2.53. The second-order valence-electron chi connectivity index (χ2n) is 6.20. The maximum Gasteiger partial charge on any atom is 0.243 e. The quantitative estimate of drug-likeness (QED) is 0.617. The summed E-state index contributed by atoms with van der Waals surface area (Å²) < 4.78 is 57.1. The third-order valence-electron chi connectivity index (χ3n) is 3.94. The van der Waals surface area contributed by atoms with E-state index in [1.165, 1.54) is 49.6 Å². The number of halogens is 2. The number of rotatable bonds is 7. The Kier molecular flexibility index (Phi) is 6.38. The van der Waals surface area contributed by atoms with Crippen LogP contribution in [0, 0.1) is 11.6 Å². The molecule has 0 aliphatic carbocycles. The molecule has 3 rings (SSSR count). The number of nitrogens with one attached hydrogen (secondary N) is 1. The van der Waals surface area contributed by atoms with E-state index in [1.807, 2.05) is 0 Å². The fraction of sp³-hybridized carbons (Fsp3) is 0.100. The van der Waals surface area contributed by atoms with Crippen molar-refractivity contribution in [3.8, 4) is 11.6 Å². The topological polar surface area (TPSA) is 88.6 Å². The molecular formula is C20H17F2N3O4S. The van der Waals surface area contributed by atoms with Gasteiger partial charge in [-0.25, -0.2) is 22.2 Å². The SMILES string of the molecule is CN(CC(=O)Nc1ccc(Oc2ccc(F)cc2)nc1)S(=O)(=O)c1ccc(F)cc1. The second-order valence-corrected chi connectivity index (χ2v) is 8.25. The molecule has 7 nitrogen and oxygen atoms in total. The van der Waals surface area contributed by atoms with Gasteiger partial charge in [-0.3, -0.25) is 4.79 Å². The molecule has 0 radical (unpaired) electrons. The zero-order chi connectivity index (χ0) is 21.7. The summed E-state index contributed by atoms with van der Waals surface area (Å²) in [5.41, 5.74) is 0.332. The average molecular weight is 433 g/mol. The third kappa shape index (κ3) is 5.37. The summed E-state index contributed by atoms with van der Waals surface area (Å²) >= 11 is 0. The second kappa shape index (κ2) is 8.97. The number of nitrogens with zero attached hydrogens (tertiary/aromatic N) is 2. The molecule has 0 saturated carbocycles. The number of hydrogen-bond acceptors (Lipinski definition) is 5. The summed E-state index contributed by atoms with van der Waals surface area (Å²) in [6.07, 6.45) is 1.34. The molecule has 0 bridgehead atoms. The average Bonchev–Trinajstić information content (AvgIpc) is 2.71. The maximum atomic E-state index is 13.0. The molecule has 0 aliphatic rings. The lowest BCUT2D eigenvalue weighted by atomic mass is 10.3. The molecule has 1 aromatic heterocycles. The highest BCUT2D eigenvalue weighted by atomic mass is 32.2. The minimum absolute atomic E-state index is 0.122. The van der Waals surface area contributed by atoms with Crippen molar-refractivity contribution in [3.05, 3.63) is 78.5 Å². The van der Waals surface area contributed by atoms with Gasteiger partial charge in [0, 0.05) is 13.1 Å². The van der Waals surface area contributed by atoms with Gasteiger partial charge in [0.25, 0.3) is 0 Å². The fourth-order valence-electron chi connectivity index (χ4n) is 2.41. The van der Waals surface area contributed by atoms with E-state index in [9.17, 15) is 22.0 Å². The van der Waals surface area contributed by atoms with E-state index >= 15 is 0 Å². The molecule has 0 fully saturated rings. The molecule has 0 aliphatic heterocycles. The monoisotopic (exact) mass is 433 g/mol. The Bertz CT molecular complexity index is 1120. The fourth-order valence-corrected chi connectivity index (χ4v) is 3.54. The van der Waals surface area contributed by atoms with Crippen molar-refractivity contribution >= 4 is 21.6 Å². The van der Waals surface area contributed by atoms with Gasteiger partial charge < -0.3 is 10.1 Å². The standard InChI is InChI=1S/C20H17F2N3O4S/c1-25(30(27,28)18-9-4-15(22)5-10-18)13-19(26)24-16-6-11-20(23-12-16)29-17-7-2-14(21)3-8-17/h2-12H,13H2,1H3,(H,24,26). The molecule has 3 aromatic rings. The molecule has 0 atom stereocenters. The highest BCUT2D eigenvalue weighted by Crippen LogP contribution is 2.21. The van der Waals surface area contributed by atoms with Gasteiger partial charge in [-0.15, -0.1) is 0 Å². The molecule has 1 N–H and O–H groups in total. The van der Waals surface area contributed by atoms with Crippen LogP contribution in [0.25, 0.3) is 0 Å². The normalized spacial score (nSPS) is 11.3. The maximum absolute atomic E-state index is 13.0. The Morgan fingerprint density at radius 2 is 1.60 bits per heavy atom. The highest BCUT2D eigenvalue weighted by molar-refractivity contribution is 7.89. The first kappa shape index (κ1) is 21.3. The van der Waals surface area contributed by atoms with Crippen LogP contribution in [-0.2, 0) is 14.8 Å². The molecule has 10 heteroatoms. The van der Waals surface area contributed by atoms with E-state index in [0.717, 1.165) is 28.6 Å². The van der Waals surface area contributed by atoms with Crippen LogP contribution < -0.4 is 10.1 Å². The Labute approximate surface area is 172 Å². The third-order valence-corrected chi connectivity index (χ3v) is 5.76. The van der Waals surface area contributed by atoms with Gasteiger partial charge in [0.15, 0.2) is 0 Å². The van der Waals surface area contributed by atoms with E-state index in [-0.39, 0.29) is 16.6 Å². The summed E-state index contributed by atoms with van der Waals surface area (Å²) in [5.74, 6) is -0.908. The molecule has 0 saturated heterocycles. The number of hydrogen-bond donors (Lipinski definition) is 1. The van der Waals surface area contributed by atoms with E-state index in [1.54, 1.807) is 0 Å². The van der Waals surface area contributed by atoms with Gasteiger partial charge in [-0.1, -0.05) is 0 Å². The number of pyridine rings is 1. The minimum Gasteiger partial charge on any atom is -0.439 e. The molecular weight excluding hydrogens is 416 g/mol. The molecule has 2 aromatic carbocycles. The lowest BCUT2D eigenvalue weighted by Gasteiger charge is -2.17. The van der Waals surface area contributed by atoms with Gasteiger partial charge >= 0.3 is 0 Å². The van der Waals surface area contributed by atoms with Crippen molar-refractivity contribution in [1.29, 1.82) is 0 Å². The van der Waals surface area contributed by atoms with Crippen molar-refractivity contribution in [2.45, 2.75) is 4.90 Å². The van der Waals surface area contributed by atoms with Crippen LogP contribution in [0.3, 0.4) is 0 Å². The van der Waals surface area contributed by atoms with Crippen molar-refractivity contribution < 1.29 is 26.7 Å². The smallest absolute Gasteiger partial charge is 0.243 e. The van der Waals surface area contributed by atoms with Crippen molar-refractivity contribution in [1.82, 2.24) is 9.29 Å². The van der Waals surface area contributed by atoms with E-state index in [4.69, 9.17) is 4.74 Å². The van der Waals surface area contributed by atoms with E-state index in [0.29, 0.717) is 11.4 Å². The van der Waals surface area contributed by atoms with Crippen LogP contribution in [0.5, 0.6) is 11.6 Å². The predicted octanol–water partition coefficient (Wildman–Crippen LogP) is 3.41. The zero-order valence-corrected chi connectivity index (χ0v) is 16.6. The van der Waals surface area contributed by atoms with Crippen LogP contribution in [0.15, 0.2) is 71.8 Å². The van der Waals surface area contributed by atoms with Crippen LogP contribution in [0.2, 0.25) is 0 Å². The first-order chi connectivity index (χ1) is 14.2. The number of aromatic nitrogens is 1. The lowest BCUT2D eigenvalue weighted by Crippen LogP contribution is -2.35. The zero-order valence-electron chi connectivity index (χ0n) is 15.7. The lowest BCUT2D eigenvalue weighted by molar-refractivity contribution is -0.116. The van der Waals surface area contributed by atoms with Crippen molar-refractivity contribution in [2.75, 3.05) is 18.9 Å². The summed E-state index contributed by atoms with van der Waals surface area (Å²) in [4.78, 5) is 16.1. The molecule has 1 amide bonds. The summed E-state index contributed by atoms with van der Waals surface area (Å²) in [7, 11) is -2.70. The molecule has 0 spiro atoms. The van der Waals surface area contributed by atoms with Gasteiger partial charge in [0.05, 0.1) is 23.3 Å². The van der Waals surface area contributed by atoms with Gasteiger partial charge in [-0.05, 0) is 54.6 Å². The largest absolute Gasteiger partial charge is 0.439 e. The van der Waals surface area contributed by atoms with E-state index < -0.39 is 28.3 Å². The Morgan fingerprint density at radius 3 is 2.17 bits per heavy atom. The van der Waals surface area contributed by atoms with Crippen LogP contribution in [0.4, 0.5) is 14.5 Å². The number of sulfonamides is 1. The van der Waals surface area contributed by atoms with Crippen LogP contribution >= 0.6 is 0 Å². The summed E-state index contributed by atoms with van der Waals surface area (Å²) in [6, 6.07) is 12.7. The number of anilines is 1. The van der Waals surface area contributed by atoms with Crippen molar-refractivity contribution in [2.24, 2.45) is 0 Å². The molecule has 0 unspecified atom stereocenters. The number of ether oxygens (including phenoxy) is 1. The Morgan fingerprint density at radius 1 is 1.00 bits per heavy atom.